The SMILES string of the molecule is CCO[C@@H]1C[C@H]2C(=O)NC3(CCC3)C(=O)N(C)[C@@H](C3CCCC3)C(=O)N(C)[C@H](C(=O)N(C)CC)CC(=O)N(C)[C@H]3CCCC/C=C/c4ccc(cc4)C[C@@H](C(=O)N(C)CC(=O)N[C@@H](CCc4cc(F)c(C(F)(F)F)c(F)c4)C(=O)N2C1)N1CC/C=C\C[C@@H](C1=O)N(C)C(=O)CNC(=O)[C@H]([C@@H](C)CC)NC3=O. The molecule has 2 saturated heterocycles. The average Bonchev–Trinajstić information content (AvgIpc) is 1.80. The van der Waals surface area contributed by atoms with E-state index in [0.717, 1.165) is 25.2 Å². The van der Waals surface area contributed by atoms with Gasteiger partial charge in [-0.1, -0.05) is 88.1 Å². The molecule has 4 N–H and O–H groups in total. The fourth-order valence-electron chi connectivity index (χ4n) is 15.3. The molecule has 30 heteroatoms. The van der Waals surface area contributed by atoms with E-state index in [2.05, 4.69) is 21.3 Å². The van der Waals surface area contributed by atoms with Crippen molar-refractivity contribution in [2.75, 3.05) is 81.6 Å². The fourth-order valence-corrected chi connectivity index (χ4v) is 15.3. The third kappa shape index (κ3) is 19.7. The van der Waals surface area contributed by atoms with E-state index in [1.54, 1.807) is 64.1 Å². The first-order valence-electron chi connectivity index (χ1n) is 37.2. The van der Waals surface area contributed by atoms with Crippen LogP contribution in [0.3, 0.4) is 0 Å². The summed E-state index contributed by atoms with van der Waals surface area (Å²) in [6.45, 7) is 5.38. The molecule has 2 aromatic carbocycles. The summed E-state index contributed by atoms with van der Waals surface area (Å²) in [6, 6.07) is -3.03. The van der Waals surface area contributed by atoms with Crippen LogP contribution in [-0.4, -0.2) is 252 Å². The molecule has 7 heterocycles. The minimum Gasteiger partial charge on any atom is -0.377 e. The number of carbonyl (C=O) groups excluding carboxylic acids is 12. The second-order valence-electron chi connectivity index (χ2n) is 29.3. The minimum atomic E-state index is -5.42. The molecule has 10 atom stereocenters. The van der Waals surface area contributed by atoms with Crippen molar-refractivity contribution in [3.63, 3.8) is 0 Å². The van der Waals surface area contributed by atoms with Gasteiger partial charge in [0.05, 0.1) is 25.6 Å². The summed E-state index contributed by atoms with van der Waals surface area (Å²) in [7, 11) is 8.39. The van der Waals surface area contributed by atoms with E-state index >= 15 is 47.1 Å². The van der Waals surface area contributed by atoms with E-state index in [4.69, 9.17) is 4.74 Å². The molecule has 2 aromatic rings. The van der Waals surface area contributed by atoms with Gasteiger partial charge in [0.25, 0.3) is 0 Å². The summed E-state index contributed by atoms with van der Waals surface area (Å²) in [5, 5.41) is 11.1. The fraction of sp³-hybridized carbons (Fsp3) is 0.632. The van der Waals surface area contributed by atoms with Crippen molar-refractivity contribution in [2.24, 2.45) is 11.8 Å². The maximum absolute atomic E-state index is 15.6. The maximum atomic E-state index is 15.6. The van der Waals surface area contributed by atoms with Gasteiger partial charge >= 0.3 is 6.18 Å². The van der Waals surface area contributed by atoms with Crippen LogP contribution in [0.1, 0.15) is 159 Å². The monoisotopic (exact) mass is 1490 g/mol. The van der Waals surface area contributed by atoms with Gasteiger partial charge in [0.1, 0.15) is 71.1 Å². The smallest absolute Gasteiger partial charge is 0.377 e. The summed E-state index contributed by atoms with van der Waals surface area (Å²) < 4.78 is 78.1. The van der Waals surface area contributed by atoms with Crippen LogP contribution in [0.4, 0.5) is 22.0 Å². The van der Waals surface area contributed by atoms with Crippen LogP contribution in [0.15, 0.2) is 54.6 Å². The Labute approximate surface area is 617 Å². The molecule has 106 heavy (non-hydrogen) atoms. The quantitative estimate of drug-likeness (QED) is 0.174. The number of halogens is 5. The Morgan fingerprint density at radius 1 is 0.689 bits per heavy atom. The van der Waals surface area contributed by atoms with Gasteiger partial charge in [-0.2, -0.15) is 13.2 Å². The van der Waals surface area contributed by atoms with Crippen LogP contribution < -0.4 is 21.3 Å². The van der Waals surface area contributed by atoms with Crippen LogP contribution in [0.2, 0.25) is 0 Å². The standard InChI is InChI=1S/C76H105F5N12O13/c1-11-46(4)64-68(99)82-43-62(96)89(8)56-28-19-16-22-37-92(72(56)103)59-40-48-31-29-47(30-32-48)24-17-14-15-18-27-55(66(97)84-64)88(7)61(95)42-58(70(101)86(5)12-2)90(9)73(104)65(50-25-20-21-26-50)91(10)74(105)75(35-23-36-75)85-67(98)57-41-51(106-13-3)44-93(57)69(100)54(83-60(94)45-87(6)71(59)102)34-33-49-38-52(77)63(53(78)39-49)76(79,80)81/h16-17,19,24,29-32,38-39,46,50-51,54-59,64-65H,11-15,18,20-23,25-28,33-37,40-45H2,1-10H3,(H,82,99)(H,83,94)(H,84,97)(H,85,98)/b19-16-,24-17+/t46-,51+,54-,55-,56-,57-,58-,59-,64-,65-/m0/s1. The maximum Gasteiger partial charge on any atom is 0.422 e. The topological polar surface area (TPSA) is 288 Å². The summed E-state index contributed by atoms with van der Waals surface area (Å²) in [4.78, 5) is 191. The lowest BCUT2D eigenvalue weighted by Crippen LogP contribution is -2.68. The van der Waals surface area contributed by atoms with Gasteiger partial charge in [-0.15, -0.1) is 0 Å². The van der Waals surface area contributed by atoms with E-state index in [9.17, 15) is 32.3 Å². The zero-order chi connectivity index (χ0) is 77.6. The van der Waals surface area contributed by atoms with Gasteiger partial charge in [0, 0.05) is 81.4 Å². The van der Waals surface area contributed by atoms with Crippen LogP contribution in [0.25, 0.3) is 6.08 Å². The summed E-state index contributed by atoms with van der Waals surface area (Å²) >= 11 is 0. The van der Waals surface area contributed by atoms with Crippen molar-refractivity contribution >= 4 is 77.0 Å². The average molecular weight is 1490 g/mol. The molecular weight excluding hydrogens is 1380 g/mol. The number of likely N-dealkylation sites (N-methyl/N-ethyl adjacent to an activating group) is 6. The zero-order valence-electron chi connectivity index (χ0n) is 62.6. The number of rotatable bonds is 10. The van der Waals surface area contributed by atoms with Gasteiger partial charge in [-0.25, -0.2) is 8.78 Å². The van der Waals surface area contributed by atoms with Crippen molar-refractivity contribution in [3.05, 3.63) is 88.5 Å². The number of aryl methyl sites for hydroxylation is 1. The second-order valence-corrected chi connectivity index (χ2v) is 29.3. The highest BCUT2D eigenvalue weighted by atomic mass is 19.4. The molecule has 25 nitrogen and oxygen atoms in total. The van der Waals surface area contributed by atoms with Gasteiger partial charge < -0.3 is 65.2 Å². The number of carbonyl (C=O) groups is 12. The number of amides is 12. The van der Waals surface area contributed by atoms with Gasteiger partial charge in [0.15, 0.2) is 0 Å². The molecule has 582 valence electrons. The molecule has 9 aliphatic rings. The van der Waals surface area contributed by atoms with Gasteiger partial charge in [-0.3, -0.25) is 57.5 Å². The number of alkyl halides is 3. The number of nitrogens with one attached hydrogen (secondary N) is 4. The molecule has 12 amide bonds. The number of ether oxygens (including phenoxy) is 1. The predicted molar refractivity (Wildman–Crippen MR) is 382 cm³/mol. The lowest BCUT2D eigenvalue weighted by Gasteiger charge is -2.46. The van der Waals surface area contributed by atoms with E-state index in [0.29, 0.717) is 75.5 Å². The summed E-state index contributed by atoms with van der Waals surface area (Å²) in [5.74, 6) is -14.0. The van der Waals surface area contributed by atoms with Crippen LogP contribution in [0, 0.1) is 23.5 Å². The van der Waals surface area contributed by atoms with Gasteiger partial charge in [-0.05, 0) is 132 Å². The summed E-state index contributed by atoms with van der Waals surface area (Å²) in [5.41, 5.74) is -2.83. The predicted octanol–water partition coefficient (Wildman–Crippen LogP) is 5.31. The molecule has 4 fully saturated rings. The molecule has 0 unspecified atom stereocenters. The number of allylic oxidation sites excluding steroid dienone is 1. The first-order chi connectivity index (χ1) is 50.2. The molecule has 6 bridgehead atoms. The molecule has 11 rings (SSSR count). The molecule has 0 aromatic heterocycles. The molecular formula is C76H105F5N12O13. The zero-order valence-corrected chi connectivity index (χ0v) is 62.6. The van der Waals surface area contributed by atoms with Crippen molar-refractivity contribution in [1.29, 1.82) is 0 Å². The first-order valence-corrected chi connectivity index (χ1v) is 37.2. The number of nitrogens with zero attached hydrogens (tertiary/aromatic N) is 8. The Morgan fingerprint density at radius 2 is 1.35 bits per heavy atom. The van der Waals surface area contributed by atoms with Crippen molar-refractivity contribution in [3.8, 4) is 0 Å². The van der Waals surface area contributed by atoms with E-state index in [1.165, 1.54) is 61.9 Å². The molecule has 0 radical (unpaired) electrons. The lowest BCUT2D eigenvalue weighted by atomic mass is 9.74. The molecule has 1 spiro atoms. The molecule has 7 aliphatic heterocycles. The highest BCUT2D eigenvalue weighted by Gasteiger charge is 2.54. The molecule has 2 saturated carbocycles. The van der Waals surface area contributed by atoms with Crippen molar-refractivity contribution < 1.29 is 84.2 Å². The first kappa shape index (κ1) is 82.8. The number of hydrogen-bond donors (Lipinski definition) is 4. The van der Waals surface area contributed by atoms with Gasteiger partial charge in [0.2, 0.25) is 70.9 Å². The third-order valence-corrected chi connectivity index (χ3v) is 22.2. The lowest BCUT2D eigenvalue weighted by molar-refractivity contribution is -0.158. The Bertz CT molecular complexity index is 3600. The minimum absolute atomic E-state index is 0.0367. The second kappa shape index (κ2) is 36.6. The van der Waals surface area contributed by atoms with Crippen LogP contribution >= 0.6 is 0 Å². The number of benzene rings is 2. The highest BCUT2D eigenvalue weighted by Crippen LogP contribution is 2.39. The summed E-state index contributed by atoms with van der Waals surface area (Å²) in [6.07, 6.45) is 4.05. The number of hydrogen-bond acceptors (Lipinski definition) is 13. The largest absolute Gasteiger partial charge is 0.422 e. The van der Waals surface area contributed by atoms with Crippen LogP contribution in [0.5, 0.6) is 0 Å². The van der Waals surface area contributed by atoms with Crippen LogP contribution in [-0.2, 0) is 81.3 Å². The Hall–Kier alpha value is -8.83. The van der Waals surface area contributed by atoms with Crippen molar-refractivity contribution in [1.82, 2.24) is 60.5 Å². The third-order valence-electron chi connectivity index (χ3n) is 22.2. The van der Waals surface area contributed by atoms with E-state index < -0.39 is 198 Å². The molecule has 2 aliphatic carbocycles. The Balaban J connectivity index is 1.26. The Morgan fingerprint density at radius 3 is 1.97 bits per heavy atom. The van der Waals surface area contributed by atoms with E-state index in [-0.39, 0.29) is 76.8 Å². The Kier molecular flexibility index (Phi) is 28.6. The normalized spacial score (nSPS) is 27.1. The van der Waals surface area contributed by atoms with Crippen molar-refractivity contribution in [2.45, 2.75) is 216 Å². The highest BCUT2D eigenvalue weighted by molar-refractivity contribution is 6.01. The van der Waals surface area contributed by atoms with E-state index in [1.807, 2.05) is 12.2 Å².